The van der Waals surface area contributed by atoms with Gasteiger partial charge in [0.15, 0.2) is 0 Å². The molecule has 2 N–H and O–H groups in total. The van der Waals surface area contributed by atoms with Gasteiger partial charge in [-0.2, -0.15) is 0 Å². The van der Waals surface area contributed by atoms with Crippen LogP contribution in [0, 0.1) is 0 Å². The molecule has 0 radical (unpaired) electrons. The van der Waals surface area contributed by atoms with Crippen LogP contribution in [0.5, 0.6) is 0 Å². The maximum absolute atomic E-state index is 11.7. The van der Waals surface area contributed by atoms with Gasteiger partial charge in [-0.05, 0) is 17.7 Å². The summed E-state index contributed by atoms with van der Waals surface area (Å²) >= 11 is 0. The van der Waals surface area contributed by atoms with Gasteiger partial charge < -0.3 is 15.4 Å². The van der Waals surface area contributed by atoms with Crippen LogP contribution in [0.25, 0.3) is 0 Å². The van der Waals surface area contributed by atoms with E-state index in [9.17, 15) is 4.79 Å². The van der Waals surface area contributed by atoms with Crippen molar-refractivity contribution in [2.75, 3.05) is 25.7 Å². The maximum Gasteiger partial charge on any atom is 0.229 e. The topological polar surface area (TPSA) is 55.6 Å². The lowest BCUT2D eigenvalue weighted by Gasteiger charge is -2.17. The third kappa shape index (κ3) is 3.32. The Labute approximate surface area is 96.0 Å². The predicted octanol–water partition coefficient (Wildman–Crippen LogP) is 1.14. The minimum Gasteiger partial charge on any atom is -0.384 e. The number of rotatable bonds is 5. The fourth-order valence-corrected chi connectivity index (χ4v) is 1.39. The molecule has 0 spiro atoms. The van der Waals surface area contributed by atoms with Crippen LogP contribution < -0.4 is 10.6 Å². The molecule has 0 aliphatic heterocycles. The second kappa shape index (κ2) is 6.25. The second-order valence-corrected chi connectivity index (χ2v) is 3.57. The standard InChI is InChI=1S/C12H18N2O2/c1-14(12(15)6-7-16-2)11-5-3-4-10(8-11)9-13/h3-5,8H,6-7,9,13H2,1-2H3. The van der Waals surface area contributed by atoms with Gasteiger partial charge in [0.2, 0.25) is 5.91 Å². The van der Waals surface area contributed by atoms with Crippen molar-refractivity contribution in [2.24, 2.45) is 5.73 Å². The Bertz CT molecular complexity index is 353. The van der Waals surface area contributed by atoms with Gasteiger partial charge in [-0.3, -0.25) is 4.79 Å². The lowest BCUT2D eigenvalue weighted by Crippen LogP contribution is -2.27. The molecule has 1 rings (SSSR count). The van der Waals surface area contributed by atoms with Gasteiger partial charge >= 0.3 is 0 Å². The molecule has 1 aromatic carbocycles. The number of benzene rings is 1. The Morgan fingerprint density at radius 3 is 2.88 bits per heavy atom. The van der Waals surface area contributed by atoms with Gasteiger partial charge in [-0.1, -0.05) is 12.1 Å². The van der Waals surface area contributed by atoms with Crippen molar-refractivity contribution in [3.8, 4) is 0 Å². The smallest absolute Gasteiger partial charge is 0.229 e. The Kier molecular flexibility index (Phi) is 4.95. The minimum absolute atomic E-state index is 0.0380. The quantitative estimate of drug-likeness (QED) is 0.813. The van der Waals surface area contributed by atoms with Gasteiger partial charge in [0.05, 0.1) is 13.0 Å². The first-order valence-corrected chi connectivity index (χ1v) is 5.23. The van der Waals surface area contributed by atoms with Gasteiger partial charge in [-0.25, -0.2) is 0 Å². The van der Waals surface area contributed by atoms with Crippen molar-refractivity contribution in [1.82, 2.24) is 0 Å². The number of nitrogens with zero attached hydrogens (tertiary/aromatic N) is 1. The van der Waals surface area contributed by atoms with Crippen molar-refractivity contribution < 1.29 is 9.53 Å². The SMILES string of the molecule is COCCC(=O)N(C)c1cccc(CN)c1. The normalized spacial score (nSPS) is 10.2. The van der Waals surface area contributed by atoms with Crippen LogP contribution in [-0.2, 0) is 16.1 Å². The molecule has 4 nitrogen and oxygen atoms in total. The summed E-state index contributed by atoms with van der Waals surface area (Å²) in [5, 5.41) is 0. The zero-order valence-electron chi connectivity index (χ0n) is 9.77. The van der Waals surface area contributed by atoms with Crippen molar-refractivity contribution in [3.63, 3.8) is 0 Å². The zero-order chi connectivity index (χ0) is 12.0. The number of methoxy groups -OCH3 is 1. The van der Waals surface area contributed by atoms with E-state index in [4.69, 9.17) is 10.5 Å². The molecule has 1 aromatic rings. The number of hydrogen-bond donors (Lipinski definition) is 1. The molecule has 0 aromatic heterocycles. The van der Waals surface area contributed by atoms with Crippen LogP contribution in [0.15, 0.2) is 24.3 Å². The van der Waals surface area contributed by atoms with Crippen LogP contribution in [0.2, 0.25) is 0 Å². The summed E-state index contributed by atoms with van der Waals surface area (Å²) in [6.07, 6.45) is 0.389. The highest BCUT2D eigenvalue weighted by atomic mass is 16.5. The molecule has 1 amide bonds. The highest BCUT2D eigenvalue weighted by Gasteiger charge is 2.10. The molecule has 0 saturated carbocycles. The molecule has 0 atom stereocenters. The Hall–Kier alpha value is -1.39. The number of carbonyl (C=O) groups excluding carboxylic acids is 1. The summed E-state index contributed by atoms with van der Waals surface area (Å²) in [6, 6.07) is 7.66. The van der Waals surface area contributed by atoms with Crippen LogP contribution in [-0.4, -0.2) is 26.7 Å². The summed E-state index contributed by atoms with van der Waals surface area (Å²) in [4.78, 5) is 13.3. The number of anilines is 1. The van der Waals surface area contributed by atoms with E-state index in [2.05, 4.69) is 0 Å². The van der Waals surface area contributed by atoms with E-state index in [-0.39, 0.29) is 5.91 Å². The first-order valence-electron chi connectivity index (χ1n) is 5.23. The first kappa shape index (κ1) is 12.7. The van der Waals surface area contributed by atoms with Crippen molar-refractivity contribution in [2.45, 2.75) is 13.0 Å². The van der Waals surface area contributed by atoms with Crippen molar-refractivity contribution in [1.29, 1.82) is 0 Å². The van der Waals surface area contributed by atoms with Crippen molar-refractivity contribution >= 4 is 11.6 Å². The van der Waals surface area contributed by atoms with Crippen LogP contribution in [0.3, 0.4) is 0 Å². The highest BCUT2D eigenvalue weighted by Crippen LogP contribution is 2.15. The molecule has 4 heteroatoms. The Morgan fingerprint density at radius 1 is 1.50 bits per heavy atom. The summed E-state index contributed by atoms with van der Waals surface area (Å²) < 4.78 is 4.88. The van der Waals surface area contributed by atoms with Crippen LogP contribution >= 0.6 is 0 Å². The maximum atomic E-state index is 11.7. The van der Waals surface area contributed by atoms with E-state index in [0.29, 0.717) is 19.6 Å². The molecular weight excluding hydrogens is 204 g/mol. The molecule has 0 aliphatic carbocycles. The van der Waals surface area contributed by atoms with E-state index in [1.165, 1.54) is 0 Å². The van der Waals surface area contributed by atoms with Gasteiger partial charge in [0, 0.05) is 26.4 Å². The minimum atomic E-state index is 0.0380. The van der Waals surface area contributed by atoms with E-state index in [1.807, 2.05) is 24.3 Å². The third-order valence-electron chi connectivity index (χ3n) is 2.43. The fraction of sp³-hybridized carbons (Fsp3) is 0.417. The van der Waals surface area contributed by atoms with Crippen LogP contribution in [0.1, 0.15) is 12.0 Å². The monoisotopic (exact) mass is 222 g/mol. The highest BCUT2D eigenvalue weighted by molar-refractivity contribution is 5.92. The number of amides is 1. The summed E-state index contributed by atoms with van der Waals surface area (Å²) in [7, 11) is 3.34. The largest absolute Gasteiger partial charge is 0.384 e. The van der Waals surface area contributed by atoms with Crippen molar-refractivity contribution in [3.05, 3.63) is 29.8 Å². The molecule has 0 heterocycles. The first-order chi connectivity index (χ1) is 7.69. The number of ether oxygens (including phenoxy) is 1. The number of nitrogens with two attached hydrogens (primary N) is 1. The average Bonchev–Trinajstić information content (AvgIpc) is 2.35. The molecular formula is C12H18N2O2. The summed E-state index contributed by atoms with van der Waals surface area (Å²) in [5.41, 5.74) is 7.43. The number of carbonyl (C=O) groups is 1. The molecule has 0 aliphatic rings. The fourth-order valence-electron chi connectivity index (χ4n) is 1.39. The lowest BCUT2D eigenvalue weighted by molar-refractivity contribution is -0.119. The molecule has 16 heavy (non-hydrogen) atoms. The number of hydrogen-bond acceptors (Lipinski definition) is 3. The molecule has 0 fully saturated rings. The molecule has 0 unspecified atom stereocenters. The van der Waals surface area contributed by atoms with E-state index in [1.54, 1.807) is 19.1 Å². The summed E-state index contributed by atoms with van der Waals surface area (Å²) in [5.74, 6) is 0.0380. The van der Waals surface area contributed by atoms with E-state index >= 15 is 0 Å². The summed E-state index contributed by atoms with van der Waals surface area (Å²) in [6.45, 7) is 0.924. The lowest BCUT2D eigenvalue weighted by atomic mass is 10.2. The van der Waals surface area contributed by atoms with Crippen LogP contribution in [0.4, 0.5) is 5.69 Å². The zero-order valence-corrected chi connectivity index (χ0v) is 9.77. The molecule has 88 valence electrons. The van der Waals surface area contributed by atoms with Gasteiger partial charge in [0.1, 0.15) is 0 Å². The predicted molar refractivity (Wildman–Crippen MR) is 64.2 cm³/mol. The van der Waals surface area contributed by atoms with E-state index in [0.717, 1.165) is 11.3 Å². The third-order valence-corrected chi connectivity index (χ3v) is 2.43. The average molecular weight is 222 g/mol. The second-order valence-electron chi connectivity index (χ2n) is 3.57. The van der Waals surface area contributed by atoms with Gasteiger partial charge in [0.25, 0.3) is 0 Å². The van der Waals surface area contributed by atoms with E-state index < -0.39 is 0 Å². The Morgan fingerprint density at radius 2 is 2.25 bits per heavy atom. The Balaban J connectivity index is 2.71. The van der Waals surface area contributed by atoms with Gasteiger partial charge in [-0.15, -0.1) is 0 Å². The molecule has 0 bridgehead atoms. The molecule has 0 saturated heterocycles.